The van der Waals surface area contributed by atoms with Gasteiger partial charge in [-0.3, -0.25) is 4.99 Å². The highest BCUT2D eigenvalue weighted by atomic mass is 19.4. The number of fused-ring (bicyclic) bond motifs is 5. The summed E-state index contributed by atoms with van der Waals surface area (Å²) in [6.07, 6.45) is -1.29. The highest BCUT2D eigenvalue weighted by Gasteiger charge is 2.63. The van der Waals surface area contributed by atoms with Crippen LogP contribution in [0.1, 0.15) is 45.0 Å². The van der Waals surface area contributed by atoms with Gasteiger partial charge in [-0.1, -0.05) is 20.8 Å². The quantitative estimate of drug-likeness (QED) is 0.779. The first-order valence-electron chi connectivity index (χ1n) is 7.84. The number of hydrogen-bond donors (Lipinski definition) is 0. The van der Waals surface area contributed by atoms with Gasteiger partial charge >= 0.3 is 6.18 Å². The normalized spacial score (nSPS) is 31.6. The van der Waals surface area contributed by atoms with E-state index in [4.69, 9.17) is 4.99 Å². The summed E-state index contributed by atoms with van der Waals surface area (Å²) in [6, 6.07) is 1.06. The summed E-state index contributed by atoms with van der Waals surface area (Å²) in [5.41, 5.74) is 2.69. The second-order valence-electron chi connectivity index (χ2n) is 7.49. The van der Waals surface area contributed by atoms with E-state index in [-0.39, 0.29) is 10.8 Å². The van der Waals surface area contributed by atoms with E-state index in [0.29, 0.717) is 18.2 Å². The molecule has 122 valence electrons. The molecule has 1 aliphatic heterocycles. The van der Waals surface area contributed by atoms with Crippen molar-refractivity contribution in [1.82, 2.24) is 9.97 Å². The Morgan fingerprint density at radius 3 is 2.61 bits per heavy atom. The maximum Gasteiger partial charge on any atom is 0.433 e. The van der Waals surface area contributed by atoms with Crippen molar-refractivity contribution >= 4 is 11.3 Å². The zero-order valence-corrected chi connectivity index (χ0v) is 13.3. The molecular weight excluding hydrogens is 303 g/mol. The van der Waals surface area contributed by atoms with Crippen molar-refractivity contribution in [3.63, 3.8) is 0 Å². The first-order chi connectivity index (χ1) is 10.7. The molecule has 3 aliphatic rings. The molecule has 2 heterocycles. The van der Waals surface area contributed by atoms with E-state index in [2.05, 4.69) is 30.7 Å². The summed E-state index contributed by atoms with van der Waals surface area (Å²) in [5.74, 6) is 0.355. The zero-order valence-electron chi connectivity index (χ0n) is 13.3. The van der Waals surface area contributed by atoms with Crippen LogP contribution in [-0.4, -0.2) is 22.2 Å². The molecule has 4 rings (SSSR count). The van der Waals surface area contributed by atoms with Gasteiger partial charge in [-0.05, 0) is 35.8 Å². The summed E-state index contributed by atoms with van der Waals surface area (Å²) in [6.45, 7) is 7.17. The Morgan fingerprint density at radius 1 is 1.17 bits per heavy atom. The maximum absolute atomic E-state index is 12.9. The predicted molar refractivity (Wildman–Crippen MR) is 80.9 cm³/mol. The van der Waals surface area contributed by atoms with Crippen LogP contribution in [-0.2, 0) is 6.18 Å². The summed E-state index contributed by atoms with van der Waals surface area (Å²) in [7, 11) is 0. The van der Waals surface area contributed by atoms with Gasteiger partial charge in [-0.2, -0.15) is 13.2 Å². The molecule has 2 saturated carbocycles. The molecule has 2 bridgehead atoms. The van der Waals surface area contributed by atoms with Gasteiger partial charge in [0.2, 0.25) is 0 Å². The standard InChI is InChI=1S/C17H18F3N3/c1-15(2)10-4-5-16(15,3)14-13(10)9(7-21-14)11-6-12(17(18,19)20)23-8-22-11/h6,8,10H,4-5,7H2,1-3H3. The van der Waals surface area contributed by atoms with Crippen molar-refractivity contribution in [1.29, 1.82) is 0 Å². The monoisotopic (exact) mass is 321 g/mol. The molecule has 0 N–H and O–H groups in total. The number of hydrogen-bond acceptors (Lipinski definition) is 3. The van der Waals surface area contributed by atoms with Crippen LogP contribution in [0.15, 0.2) is 23.0 Å². The topological polar surface area (TPSA) is 38.1 Å². The molecule has 0 aromatic carbocycles. The minimum Gasteiger partial charge on any atom is -0.284 e. The first kappa shape index (κ1) is 14.8. The lowest BCUT2D eigenvalue weighted by Crippen LogP contribution is -2.32. The van der Waals surface area contributed by atoms with Crippen LogP contribution in [0.4, 0.5) is 13.2 Å². The molecule has 2 fully saturated rings. The third-order valence-corrected chi connectivity index (χ3v) is 6.34. The molecule has 2 aliphatic carbocycles. The fourth-order valence-electron chi connectivity index (χ4n) is 4.64. The number of alkyl halides is 3. The minimum absolute atomic E-state index is 0.0225. The Hall–Kier alpha value is -1.72. The lowest BCUT2D eigenvalue weighted by atomic mass is 9.70. The van der Waals surface area contributed by atoms with E-state index in [9.17, 15) is 13.2 Å². The molecule has 1 aromatic rings. The van der Waals surface area contributed by atoms with Gasteiger partial charge < -0.3 is 0 Å². The van der Waals surface area contributed by atoms with Crippen molar-refractivity contribution in [2.75, 3.05) is 6.54 Å². The third-order valence-electron chi connectivity index (χ3n) is 6.34. The Morgan fingerprint density at radius 2 is 1.91 bits per heavy atom. The van der Waals surface area contributed by atoms with Crippen molar-refractivity contribution in [2.24, 2.45) is 21.7 Å². The van der Waals surface area contributed by atoms with E-state index >= 15 is 0 Å². The summed E-state index contributed by atoms with van der Waals surface area (Å²) < 4.78 is 38.8. The number of aliphatic imine (C=N–C) groups is 1. The average molecular weight is 321 g/mol. The third kappa shape index (κ3) is 1.75. The highest BCUT2D eigenvalue weighted by molar-refractivity contribution is 6.16. The molecule has 2 unspecified atom stereocenters. The number of halogens is 3. The van der Waals surface area contributed by atoms with Gasteiger partial charge in [-0.25, -0.2) is 9.97 Å². The molecule has 23 heavy (non-hydrogen) atoms. The zero-order chi connectivity index (χ0) is 16.6. The fraction of sp³-hybridized carbons (Fsp3) is 0.588. The van der Waals surface area contributed by atoms with E-state index in [1.165, 1.54) is 0 Å². The highest BCUT2D eigenvalue weighted by Crippen LogP contribution is 2.68. The summed E-state index contributed by atoms with van der Waals surface area (Å²) in [5, 5.41) is 0. The van der Waals surface area contributed by atoms with Crippen LogP contribution in [0.25, 0.3) is 5.57 Å². The summed E-state index contributed by atoms with van der Waals surface area (Å²) >= 11 is 0. The molecular formula is C17H18F3N3. The fourth-order valence-corrected chi connectivity index (χ4v) is 4.64. The largest absolute Gasteiger partial charge is 0.433 e. The van der Waals surface area contributed by atoms with Crippen LogP contribution >= 0.6 is 0 Å². The Bertz CT molecular complexity index is 761. The second-order valence-corrected chi connectivity index (χ2v) is 7.49. The summed E-state index contributed by atoms with van der Waals surface area (Å²) in [4.78, 5) is 12.2. The number of aromatic nitrogens is 2. The van der Waals surface area contributed by atoms with E-state index in [0.717, 1.165) is 42.1 Å². The molecule has 0 amide bonds. The molecule has 0 spiro atoms. The molecule has 2 atom stereocenters. The van der Waals surface area contributed by atoms with Gasteiger partial charge in [-0.15, -0.1) is 0 Å². The average Bonchev–Trinajstić information content (AvgIpc) is 3.05. The van der Waals surface area contributed by atoms with Crippen LogP contribution in [0.3, 0.4) is 0 Å². The number of nitrogens with zero attached hydrogens (tertiary/aromatic N) is 3. The van der Waals surface area contributed by atoms with E-state index in [1.807, 2.05) is 0 Å². The maximum atomic E-state index is 12.9. The van der Waals surface area contributed by atoms with Crippen LogP contribution in [0, 0.1) is 16.7 Å². The predicted octanol–water partition coefficient (Wildman–Crippen LogP) is 4.16. The van der Waals surface area contributed by atoms with Crippen molar-refractivity contribution in [3.05, 3.63) is 29.4 Å². The molecule has 6 heteroatoms. The molecule has 0 saturated heterocycles. The van der Waals surface area contributed by atoms with Crippen molar-refractivity contribution < 1.29 is 13.2 Å². The van der Waals surface area contributed by atoms with Gasteiger partial charge in [0, 0.05) is 16.7 Å². The molecule has 1 aromatic heterocycles. The van der Waals surface area contributed by atoms with Crippen LogP contribution < -0.4 is 0 Å². The van der Waals surface area contributed by atoms with Gasteiger partial charge in [0.1, 0.15) is 12.0 Å². The SMILES string of the molecule is CC12CCC(C3=C(c4cc(C(F)(F)F)ncn4)CN=C31)C2(C)C. The van der Waals surface area contributed by atoms with E-state index in [1.54, 1.807) is 0 Å². The van der Waals surface area contributed by atoms with E-state index < -0.39 is 11.9 Å². The second kappa shape index (κ2) is 4.22. The molecule has 3 nitrogen and oxygen atoms in total. The molecule has 0 radical (unpaired) electrons. The van der Waals surface area contributed by atoms with Gasteiger partial charge in [0.15, 0.2) is 0 Å². The van der Waals surface area contributed by atoms with Crippen LogP contribution in [0.2, 0.25) is 0 Å². The Balaban J connectivity index is 1.85. The number of rotatable bonds is 1. The van der Waals surface area contributed by atoms with Crippen LogP contribution in [0.5, 0.6) is 0 Å². The van der Waals surface area contributed by atoms with Gasteiger partial charge in [0.05, 0.1) is 12.2 Å². The van der Waals surface area contributed by atoms with Gasteiger partial charge in [0.25, 0.3) is 0 Å². The smallest absolute Gasteiger partial charge is 0.284 e. The van der Waals surface area contributed by atoms with Crippen molar-refractivity contribution in [3.8, 4) is 0 Å². The number of allylic oxidation sites excluding steroid dienone is 1. The Labute approximate surface area is 132 Å². The lowest BCUT2D eigenvalue weighted by molar-refractivity contribution is -0.141. The Kier molecular flexibility index (Phi) is 2.72. The van der Waals surface area contributed by atoms with Crippen molar-refractivity contribution in [2.45, 2.75) is 39.8 Å². The lowest BCUT2D eigenvalue weighted by Gasteiger charge is -2.33. The first-order valence-corrected chi connectivity index (χ1v) is 7.84. The minimum atomic E-state index is -4.45.